The van der Waals surface area contributed by atoms with Crippen LogP contribution < -0.4 is 10.6 Å². The van der Waals surface area contributed by atoms with E-state index in [-0.39, 0.29) is 16.9 Å². The number of alkyl carbamates (subject to hydrolysis) is 1. The molecule has 8 heteroatoms. The van der Waals surface area contributed by atoms with Gasteiger partial charge in [0.25, 0.3) is 0 Å². The number of rotatable bonds is 6. The van der Waals surface area contributed by atoms with E-state index < -0.39 is 16.6 Å². The second-order valence-corrected chi connectivity index (χ2v) is 5.78. The summed E-state index contributed by atoms with van der Waals surface area (Å²) in [4.78, 5) is 21.9. The molecule has 124 valence electrons. The van der Waals surface area contributed by atoms with Gasteiger partial charge in [0, 0.05) is 13.1 Å². The number of para-hydroxylation sites is 1. The van der Waals surface area contributed by atoms with Crippen LogP contribution in [0.4, 0.5) is 16.2 Å². The number of nitro groups is 1. The molecule has 8 nitrogen and oxygen atoms in total. The number of carbonyl (C=O) groups is 1. The molecule has 0 spiro atoms. The van der Waals surface area contributed by atoms with Gasteiger partial charge in [-0.1, -0.05) is 6.07 Å². The predicted molar refractivity (Wildman–Crippen MR) is 85.2 cm³/mol. The molecule has 0 bridgehead atoms. The molecule has 0 aliphatic heterocycles. The summed E-state index contributed by atoms with van der Waals surface area (Å²) in [5.41, 5.74) is -0.506. The van der Waals surface area contributed by atoms with Crippen molar-refractivity contribution in [3.63, 3.8) is 0 Å². The Balaban J connectivity index is 2.47. The molecule has 1 amide bonds. The zero-order valence-electron chi connectivity index (χ0n) is 13.4. The smallest absolute Gasteiger partial charge is 0.407 e. The summed E-state index contributed by atoms with van der Waals surface area (Å²) < 4.78 is 5.09. The number of carbonyl (C=O) groups excluding carboxylic acids is 1. The number of nitrogens with one attached hydrogen (secondary N) is 2. The average Bonchev–Trinajstić information content (AvgIpc) is 2.44. The quantitative estimate of drug-likeness (QED) is 0.473. The van der Waals surface area contributed by atoms with Gasteiger partial charge in [0.1, 0.15) is 22.9 Å². The molecule has 0 aliphatic carbocycles. The Labute approximate surface area is 134 Å². The van der Waals surface area contributed by atoms with Crippen molar-refractivity contribution in [1.82, 2.24) is 5.32 Å². The second-order valence-electron chi connectivity index (χ2n) is 5.78. The molecule has 0 radical (unpaired) electrons. The van der Waals surface area contributed by atoms with Crippen LogP contribution in [-0.2, 0) is 4.74 Å². The SMILES string of the molecule is CC(C)(C)OC(=O)NCCCNc1cccc(C#N)c1[N+](=O)[O-]. The highest BCUT2D eigenvalue weighted by atomic mass is 16.6. The number of nitriles is 1. The standard InChI is InChI=1S/C15H20N4O4/c1-15(2,3)23-14(20)18-9-5-8-17-12-7-4-6-11(10-16)13(12)19(21)22/h4,6-7,17H,5,8-9H2,1-3H3,(H,18,20). The summed E-state index contributed by atoms with van der Waals surface area (Å²) in [5.74, 6) is 0. The van der Waals surface area contributed by atoms with Crippen LogP contribution in [0, 0.1) is 21.4 Å². The number of anilines is 1. The number of ether oxygens (including phenoxy) is 1. The molecule has 1 rings (SSSR count). The Morgan fingerprint density at radius 3 is 2.65 bits per heavy atom. The Kier molecular flexibility index (Phi) is 6.33. The highest BCUT2D eigenvalue weighted by molar-refractivity contribution is 5.68. The molecular weight excluding hydrogens is 300 g/mol. The number of hydrogen-bond donors (Lipinski definition) is 2. The normalized spacial score (nSPS) is 10.5. The number of nitro benzene ring substituents is 1. The number of hydrogen-bond acceptors (Lipinski definition) is 6. The third-order valence-electron chi connectivity index (χ3n) is 2.68. The second kappa shape index (κ2) is 7.98. The van der Waals surface area contributed by atoms with Crippen LogP contribution >= 0.6 is 0 Å². The summed E-state index contributed by atoms with van der Waals surface area (Å²) >= 11 is 0. The first-order valence-electron chi connectivity index (χ1n) is 7.13. The number of benzene rings is 1. The predicted octanol–water partition coefficient (Wildman–Crippen LogP) is 2.79. The van der Waals surface area contributed by atoms with E-state index in [2.05, 4.69) is 10.6 Å². The maximum atomic E-state index is 11.4. The van der Waals surface area contributed by atoms with Crippen molar-refractivity contribution in [3.8, 4) is 6.07 Å². The van der Waals surface area contributed by atoms with Crippen LogP contribution in [0.1, 0.15) is 32.8 Å². The fourth-order valence-corrected chi connectivity index (χ4v) is 1.79. The van der Waals surface area contributed by atoms with Gasteiger partial charge >= 0.3 is 11.8 Å². The minimum absolute atomic E-state index is 0.00637. The summed E-state index contributed by atoms with van der Waals surface area (Å²) in [6.45, 7) is 6.10. The van der Waals surface area contributed by atoms with Gasteiger partial charge in [0.05, 0.1) is 4.92 Å². The molecule has 1 aromatic carbocycles. The van der Waals surface area contributed by atoms with Crippen molar-refractivity contribution >= 4 is 17.5 Å². The maximum absolute atomic E-state index is 11.4. The molecule has 0 aliphatic rings. The Morgan fingerprint density at radius 1 is 1.39 bits per heavy atom. The van der Waals surface area contributed by atoms with Crippen molar-refractivity contribution in [2.45, 2.75) is 32.8 Å². The molecule has 0 unspecified atom stereocenters. The van der Waals surface area contributed by atoms with Crippen molar-refractivity contribution in [1.29, 1.82) is 5.26 Å². The monoisotopic (exact) mass is 320 g/mol. The Bertz CT molecular complexity index is 617. The van der Waals surface area contributed by atoms with E-state index in [9.17, 15) is 14.9 Å². The van der Waals surface area contributed by atoms with E-state index in [1.807, 2.05) is 0 Å². The van der Waals surface area contributed by atoms with Crippen LogP contribution in [0.3, 0.4) is 0 Å². The summed E-state index contributed by atoms with van der Waals surface area (Å²) in [7, 11) is 0. The van der Waals surface area contributed by atoms with Crippen LogP contribution in [-0.4, -0.2) is 29.7 Å². The van der Waals surface area contributed by atoms with Gasteiger partial charge < -0.3 is 15.4 Å². The first kappa shape index (κ1) is 18.2. The molecule has 0 atom stereocenters. The van der Waals surface area contributed by atoms with Gasteiger partial charge in [-0.2, -0.15) is 5.26 Å². The number of amides is 1. The van der Waals surface area contributed by atoms with E-state index in [4.69, 9.17) is 10.00 Å². The largest absolute Gasteiger partial charge is 0.444 e. The van der Waals surface area contributed by atoms with Crippen LogP contribution in [0.15, 0.2) is 18.2 Å². The lowest BCUT2D eigenvalue weighted by atomic mass is 10.1. The van der Waals surface area contributed by atoms with Crippen molar-refractivity contribution in [2.24, 2.45) is 0 Å². The summed E-state index contributed by atoms with van der Waals surface area (Å²) in [6, 6.07) is 6.31. The minimum atomic E-state index is -0.583. The van der Waals surface area contributed by atoms with Gasteiger partial charge in [-0.25, -0.2) is 4.79 Å². The Hall–Kier alpha value is -2.82. The van der Waals surface area contributed by atoms with E-state index in [1.165, 1.54) is 6.07 Å². The maximum Gasteiger partial charge on any atom is 0.407 e. The lowest BCUT2D eigenvalue weighted by Crippen LogP contribution is -2.33. The molecular formula is C15H20N4O4. The lowest BCUT2D eigenvalue weighted by molar-refractivity contribution is -0.384. The van der Waals surface area contributed by atoms with Gasteiger partial charge in [-0.3, -0.25) is 10.1 Å². The van der Waals surface area contributed by atoms with Gasteiger partial charge in [0.15, 0.2) is 0 Å². The van der Waals surface area contributed by atoms with Crippen molar-refractivity contribution < 1.29 is 14.5 Å². The van der Waals surface area contributed by atoms with Crippen LogP contribution in [0.2, 0.25) is 0 Å². The summed E-state index contributed by atoms with van der Waals surface area (Å²) in [6.07, 6.45) is 0.0441. The molecule has 0 aromatic heterocycles. The molecule has 0 saturated heterocycles. The zero-order chi connectivity index (χ0) is 17.5. The fourth-order valence-electron chi connectivity index (χ4n) is 1.79. The van der Waals surface area contributed by atoms with Gasteiger partial charge in [-0.05, 0) is 39.3 Å². The fraction of sp³-hybridized carbons (Fsp3) is 0.467. The van der Waals surface area contributed by atoms with E-state index in [0.717, 1.165) is 0 Å². The third kappa shape index (κ3) is 6.22. The molecule has 0 heterocycles. The molecule has 0 fully saturated rings. The first-order chi connectivity index (χ1) is 10.7. The van der Waals surface area contributed by atoms with E-state index in [1.54, 1.807) is 39.0 Å². The van der Waals surface area contributed by atoms with E-state index >= 15 is 0 Å². The van der Waals surface area contributed by atoms with Gasteiger partial charge in [-0.15, -0.1) is 0 Å². The molecule has 0 saturated carbocycles. The van der Waals surface area contributed by atoms with Crippen LogP contribution in [0.5, 0.6) is 0 Å². The van der Waals surface area contributed by atoms with E-state index in [0.29, 0.717) is 19.5 Å². The average molecular weight is 320 g/mol. The topological polar surface area (TPSA) is 117 Å². The Morgan fingerprint density at radius 2 is 2.09 bits per heavy atom. The zero-order valence-corrected chi connectivity index (χ0v) is 13.4. The molecule has 23 heavy (non-hydrogen) atoms. The van der Waals surface area contributed by atoms with Gasteiger partial charge in [0.2, 0.25) is 0 Å². The highest BCUT2D eigenvalue weighted by Crippen LogP contribution is 2.27. The minimum Gasteiger partial charge on any atom is -0.444 e. The van der Waals surface area contributed by atoms with Crippen molar-refractivity contribution in [2.75, 3.05) is 18.4 Å². The molecule has 1 aromatic rings. The summed E-state index contributed by atoms with van der Waals surface area (Å²) in [5, 5.41) is 25.5. The van der Waals surface area contributed by atoms with Crippen molar-refractivity contribution in [3.05, 3.63) is 33.9 Å². The van der Waals surface area contributed by atoms with Crippen LogP contribution in [0.25, 0.3) is 0 Å². The lowest BCUT2D eigenvalue weighted by Gasteiger charge is -2.19. The first-order valence-corrected chi connectivity index (χ1v) is 7.13. The molecule has 2 N–H and O–H groups in total. The number of nitrogens with zero attached hydrogens (tertiary/aromatic N) is 2. The highest BCUT2D eigenvalue weighted by Gasteiger charge is 2.19. The third-order valence-corrected chi connectivity index (χ3v) is 2.68.